The van der Waals surface area contributed by atoms with Crippen molar-refractivity contribution in [3.05, 3.63) is 50.2 Å². The third kappa shape index (κ3) is 3.55. The van der Waals surface area contributed by atoms with Crippen molar-refractivity contribution in [1.29, 1.82) is 0 Å². The molecule has 1 heterocycles. The zero-order valence-electron chi connectivity index (χ0n) is 11.1. The maximum Gasteiger partial charge on any atom is 0.0696 e. The summed E-state index contributed by atoms with van der Waals surface area (Å²) in [6.45, 7) is 2.97. The fourth-order valence-electron chi connectivity index (χ4n) is 2.15. The third-order valence-corrected chi connectivity index (χ3v) is 4.41. The van der Waals surface area contributed by atoms with Crippen LogP contribution in [0.1, 0.15) is 30.6 Å². The van der Waals surface area contributed by atoms with Gasteiger partial charge in [-0.1, -0.05) is 36.2 Å². The average molecular weight is 377 g/mol. The minimum absolute atomic E-state index is 0.143. The van der Waals surface area contributed by atoms with Gasteiger partial charge in [0.15, 0.2) is 0 Å². The summed E-state index contributed by atoms with van der Waals surface area (Å²) in [6.07, 6.45) is 3.49. The first-order chi connectivity index (χ1) is 9.52. The molecule has 0 amide bonds. The van der Waals surface area contributed by atoms with Crippen molar-refractivity contribution < 1.29 is 0 Å². The summed E-state index contributed by atoms with van der Waals surface area (Å²) < 4.78 is 2.89. The van der Waals surface area contributed by atoms with Gasteiger partial charge < -0.3 is 5.73 Å². The van der Waals surface area contributed by atoms with E-state index in [2.05, 4.69) is 28.0 Å². The molecule has 0 saturated carbocycles. The second kappa shape index (κ2) is 6.94. The van der Waals surface area contributed by atoms with Crippen LogP contribution < -0.4 is 5.73 Å². The number of rotatable bonds is 5. The van der Waals surface area contributed by atoms with Crippen LogP contribution in [0.5, 0.6) is 0 Å². The monoisotopic (exact) mass is 375 g/mol. The van der Waals surface area contributed by atoms with Crippen LogP contribution >= 0.6 is 39.1 Å². The molecular formula is C14H16BrCl2N3. The van der Waals surface area contributed by atoms with Gasteiger partial charge in [0.2, 0.25) is 0 Å². The molecule has 2 aromatic rings. The Hall–Kier alpha value is -0.550. The van der Waals surface area contributed by atoms with Crippen LogP contribution in [0.15, 0.2) is 28.9 Å². The Labute approximate surface area is 137 Å². The molecule has 0 radical (unpaired) electrons. The Kier molecular flexibility index (Phi) is 5.49. The molecule has 3 nitrogen and oxygen atoms in total. The van der Waals surface area contributed by atoms with E-state index in [1.54, 1.807) is 12.3 Å². The molecule has 0 spiro atoms. The van der Waals surface area contributed by atoms with Crippen LogP contribution in [-0.4, -0.2) is 9.78 Å². The number of nitrogens with zero attached hydrogens (tertiary/aromatic N) is 2. The van der Waals surface area contributed by atoms with Crippen LogP contribution in [0, 0.1) is 0 Å². The molecule has 20 heavy (non-hydrogen) atoms. The largest absolute Gasteiger partial charge is 0.322 e. The molecule has 0 aliphatic carbocycles. The van der Waals surface area contributed by atoms with Gasteiger partial charge in [-0.05, 0) is 46.5 Å². The fourth-order valence-corrected chi connectivity index (χ4v) is 3.06. The van der Waals surface area contributed by atoms with E-state index in [1.807, 2.05) is 16.8 Å². The van der Waals surface area contributed by atoms with Gasteiger partial charge in [-0.2, -0.15) is 5.10 Å². The Morgan fingerprint density at radius 3 is 2.75 bits per heavy atom. The summed E-state index contributed by atoms with van der Waals surface area (Å²) in [5.74, 6) is 0. The predicted molar refractivity (Wildman–Crippen MR) is 87.3 cm³/mol. The first-order valence-corrected chi connectivity index (χ1v) is 7.98. The van der Waals surface area contributed by atoms with Crippen molar-refractivity contribution in [2.75, 3.05) is 0 Å². The fraction of sp³-hybridized carbons (Fsp3) is 0.357. The molecule has 1 unspecified atom stereocenters. The summed E-state index contributed by atoms with van der Waals surface area (Å²) in [7, 11) is 0. The van der Waals surface area contributed by atoms with Crippen molar-refractivity contribution in [3.63, 3.8) is 0 Å². The standard InChI is InChI=1S/C14H16BrCl2N3/c1-2-5-20-14(10(15)8-19-20)13(18)7-9-3-4-11(16)12(17)6-9/h3-4,6,8,13H,2,5,7,18H2,1H3. The van der Waals surface area contributed by atoms with Gasteiger partial charge in [-0.25, -0.2) is 0 Å². The lowest BCUT2D eigenvalue weighted by Gasteiger charge is -2.15. The molecule has 0 aliphatic heterocycles. The molecule has 2 rings (SSSR count). The summed E-state index contributed by atoms with van der Waals surface area (Å²) in [5, 5.41) is 5.45. The number of aromatic nitrogens is 2. The molecule has 108 valence electrons. The van der Waals surface area contributed by atoms with E-state index >= 15 is 0 Å². The highest BCUT2D eigenvalue weighted by Gasteiger charge is 2.17. The smallest absolute Gasteiger partial charge is 0.0696 e. The number of benzene rings is 1. The summed E-state index contributed by atoms with van der Waals surface area (Å²) in [4.78, 5) is 0. The predicted octanol–water partition coefficient (Wildman–Crippen LogP) is 4.60. The van der Waals surface area contributed by atoms with Crippen LogP contribution in [-0.2, 0) is 13.0 Å². The van der Waals surface area contributed by atoms with Gasteiger partial charge in [0.05, 0.1) is 32.5 Å². The molecule has 0 saturated heterocycles. The Balaban J connectivity index is 2.21. The van der Waals surface area contributed by atoms with Gasteiger partial charge in [-0.3, -0.25) is 4.68 Å². The molecule has 6 heteroatoms. The van der Waals surface area contributed by atoms with Crippen molar-refractivity contribution in [2.45, 2.75) is 32.4 Å². The van der Waals surface area contributed by atoms with Crippen LogP contribution in [0.2, 0.25) is 10.0 Å². The second-order valence-corrected chi connectivity index (χ2v) is 6.33. The first-order valence-electron chi connectivity index (χ1n) is 6.43. The molecular weight excluding hydrogens is 361 g/mol. The maximum absolute atomic E-state index is 6.32. The van der Waals surface area contributed by atoms with E-state index in [-0.39, 0.29) is 6.04 Å². The number of hydrogen-bond acceptors (Lipinski definition) is 2. The molecule has 0 fully saturated rings. The quantitative estimate of drug-likeness (QED) is 0.828. The summed E-state index contributed by atoms with van der Waals surface area (Å²) in [5.41, 5.74) is 8.39. The molecule has 1 aromatic heterocycles. The molecule has 2 N–H and O–H groups in total. The van der Waals surface area contributed by atoms with E-state index < -0.39 is 0 Å². The lowest BCUT2D eigenvalue weighted by atomic mass is 10.0. The Morgan fingerprint density at radius 1 is 1.35 bits per heavy atom. The first kappa shape index (κ1) is 15.8. The third-order valence-electron chi connectivity index (χ3n) is 3.06. The van der Waals surface area contributed by atoms with Gasteiger partial charge in [0.25, 0.3) is 0 Å². The minimum atomic E-state index is -0.143. The van der Waals surface area contributed by atoms with E-state index in [1.165, 1.54) is 0 Å². The highest BCUT2D eigenvalue weighted by molar-refractivity contribution is 9.10. The van der Waals surface area contributed by atoms with E-state index in [0.29, 0.717) is 16.5 Å². The van der Waals surface area contributed by atoms with Gasteiger partial charge in [-0.15, -0.1) is 0 Å². The number of aryl methyl sites for hydroxylation is 1. The van der Waals surface area contributed by atoms with Crippen molar-refractivity contribution in [1.82, 2.24) is 9.78 Å². The zero-order chi connectivity index (χ0) is 14.7. The van der Waals surface area contributed by atoms with Gasteiger partial charge in [0, 0.05) is 6.54 Å². The SMILES string of the molecule is CCCn1ncc(Br)c1C(N)Cc1ccc(Cl)c(Cl)c1. The Morgan fingerprint density at radius 2 is 2.10 bits per heavy atom. The van der Waals surface area contributed by atoms with Crippen molar-refractivity contribution >= 4 is 39.1 Å². The normalized spacial score (nSPS) is 12.7. The minimum Gasteiger partial charge on any atom is -0.322 e. The van der Waals surface area contributed by atoms with E-state index in [9.17, 15) is 0 Å². The lowest BCUT2D eigenvalue weighted by molar-refractivity contribution is 0.536. The zero-order valence-corrected chi connectivity index (χ0v) is 14.2. The topological polar surface area (TPSA) is 43.8 Å². The van der Waals surface area contributed by atoms with Gasteiger partial charge in [0.1, 0.15) is 0 Å². The highest BCUT2D eigenvalue weighted by atomic mass is 79.9. The second-order valence-electron chi connectivity index (χ2n) is 4.66. The molecule has 0 aliphatic rings. The van der Waals surface area contributed by atoms with Crippen LogP contribution in [0.25, 0.3) is 0 Å². The molecule has 0 bridgehead atoms. The highest BCUT2D eigenvalue weighted by Crippen LogP contribution is 2.27. The maximum atomic E-state index is 6.32. The lowest BCUT2D eigenvalue weighted by Crippen LogP contribution is -2.19. The summed E-state index contributed by atoms with van der Waals surface area (Å²) >= 11 is 15.5. The van der Waals surface area contributed by atoms with Crippen molar-refractivity contribution in [2.24, 2.45) is 5.73 Å². The van der Waals surface area contributed by atoms with Gasteiger partial charge >= 0.3 is 0 Å². The average Bonchev–Trinajstić information content (AvgIpc) is 2.76. The van der Waals surface area contributed by atoms with Crippen LogP contribution in [0.4, 0.5) is 0 Å². The van der Waals surface area contributed by atoms with Crippen molar-refractivity contribution in [3.8, 4) is 0 Å². The summed E-state index contributed by atoms with van der Waals surface area (Å²) in [6, 6.07) is 5.46. The molecule has 1 aromatic carbocycles. The number of hydrogen-bond donors (Lipinski definition) is 1. The van der Waals surface area contributed by atoms with E-state index in [4.69, 9.17) is 28.9 Å². The van der Waals surface area contributed by atoms with Crippen LogP contribution in [0.3, 0.4) is 0 Å². The Bertz CT molecular complexity index is 598. The number of halogens is 3. The number of nitrogens with two attached hydrogens (primary N) is 1. The van der Waals surface area contributed by atoms with E-state index in [0.717, 1.165) is 28.7 Å². The molecule has 1 atom stereocenters.